The van der Waals surface area contributed by atoms with Crippen LogP contribution in [0.1, 0.15) is 77.6 Å². The van der Waals surface area contributed by atoms with Crippen LogP contribution in [0.5, 0.6) is 0 Å². The highest BCUT2D eigenvalue weighted by atomic mass is 19.4. The SMILES string of the molecule is CCOC(=O)C(O)CNC(=O)c1ccc(CN(C(=O)Nc2cc(C(F)(F)F)cc(C(F)(F)F)c2)c2ccc(C3CCCCC3)cc2)cc1. The molecule has 3 aromatic rings. The minimum atomic E-state index is -5.10. The van der Waals surface area contributed by atoms with Crippen molar-refractivity contribution < 1.29 is 50.6 Å². The smallest absolute Gasteiger partial charge is 0.416 e. The van der Waals surface area contributed by atoms with E-state index in [1.165, 1.54) is 29.2 Å². The minimum absolute atomic E-state index is 0.0212. The van der Waals surface area contributed by atoms with Crippen molar-refractivity contribution in [1.82, 2.24) is 5.32 Å². The van der Waals surface area contributed by atoms with Gasteiger partial charge in [0.15, 0.2) is 6.10 Å². The van der Waals surface area contributed by atoms with E-state index in [-0.39, 0.29) is 24.8 Å². The van der Waals surface area contributed by atoms with Crippen molar-refractivity contribution in [1.29, 1.82) is 0 Å². The molecular weight excluding hydrogens is 644 g/mol. The lowest BCUT2D eigenvalue weighted by Gasteiger charge is -2.26. The number of benzene rings is 3. The monoisotopic (exact) mass is 679 g/mol. The quantitative estimate of drug-likeness (QED) is 0.151. The molecule has 14 heteroatoms. The lowest BCUT2D eigenvalue weighted by atomic mass is 9.84. The van der Waals surface area contributed by atoms with Gasteiger partial charge in [-0.1, -0.05) is 43.5 Å². The normalized spacial score (nSPS) is 14.6. The van der Waals surface area contributed by atoms with Gasteiger partial charge in [-0.25, -0.2) is 9.59 Å². The topological polar surface area (TPSA) is 108 Å². The average Bonchev–Trinajstić information content (AvgIpc) is 3.06. The predicted molar refractivity (Wildman–Crippen MR) is 165 cm³/mol. The van der Waals surface area contributed by atoms with Gasteiger partial charge >= 0.3 is 24.4 Å². The highest BCUT2D eigenvalue weighted by Gasteiger charge is 2.37. The number of carbonyl (C=O) groups is 3. The van der Waals surface area contributed by atoms with Crippen LogP contribution in [-0.2, 0) is 28.4 Å². The largest absolute Gasteiger partial charge is 0.464 e. The van der Waals surface area contributed by atoms with E-state index in [2.05, 4.69) is 15.4 Å². The van der Waals surface area contributed by atoms with Crippen LogP contribution >= 0.6 is 0 Å². The zero-order valence-corrected chi connectivity index (χ0v) is 26.0. The molecule has 8 nitrogen and oxygen atoms in total. The molecule has 3 amide bonds. The number of nitrogens with one attached hydrogen (secondary N) is 2. The zero-order valence-electron chi connectivity index (χ0n) is 26.0. The Morgan fingerprint density at radius 2 is 1.46 bits per heavy atom. The zero-order chi connectivity index (χ0) is 35.1. The molecule has 3 aromatic carbocycles. The van der Waals surface area contributed by atoms with E-state index < -0.39 is 59.7 Å². The van der Waals surface area contributed by atoms with Gasteiger partial charge in [-0.05, 0) is 79.3 Å². The number of hydrogen-bond acceptors (Lipinski definition) is 5. The maximum Gasteiger partial charge on any atom is 0.416 e. The number of aliphatic hydroxyl groups excluding tert-OH is 1. The molecule has 1 unspecified atom stereocenters. The second kappa shape index (κ2) is 15.5. The molecule has 1 atom stereocenters. The van der Waals surface area contributed by atoms with Gasteiger partial charge in [0.2, 0.25) is 0 Å². The van der Waals surface area contributed by atoms with Gasteiger partial charge in [0.25, 0.3) is 5.91 Å². The first-order chi connectivity index (χ1) is 22.7. The Labute approximate surface area is 273 Å². The van der Waals surface area contributed by atoms with Crippen LogP contribution in [-0.4, -0.2) is 42.3 Å². The maximum atomic E-state index is 13.6. The van der Waals surface area contributed by atoms with Crippen LogP contribution in [0.3, 0.4) is 0 Å². The van der Waals surface area contributed by atoms with E-state index in [9.17, 15) is 45.8 Å². The summed E-state index contributed by atoms with van der Waals surface area (Å²) in [5.74, 6) is -1.15. The van der Waals surface area contributed by atoms with E-state index in [0.717, 1.165) is 37.7 Å². The number of alkyl halides is 6. The Morgan fingerprint density at radius 3 is 2.00 bits per heavy atom. The van der Waals surface area contributed by atoms with Gasteiger partial charge in [0.05, 0.1) is 30.8 Å². The summed E-state index contributed by atoms with van der Waals surface area (Å²) in [5, 5.41) is 14.4. The fourth-order valence-corrected chi connectivity index (χ4v) is 5.42. The molecular formula is C34H35F6N3O5. The van der Waals surface area contributed by atoms with Gasteiger partial charge in [-0.2, -0.15) is 26.3 Å². The molecule has 0 saturated heterocycles. The number of rotatable bonds is 10. The number of anilines is 2. The highest BCUT2D eigenvalue weighted by Crippen LogP contribution is 2.38. The second-order valence-electron chi connectivity index (χ2n) is 11.4. The third-order valence-electron chi connectivity index (χ3n) is 7.94. The van der Waals surface area contributed by atoms with Crippen molar-refractivity contribution in [3.63, 3.8) is 0 Å². The van der Waals surface area contributed by atoms with Gasteiger partial charge in [-0.15, -0.1) is 0 Å². The number of esters is 1. The average molecular weight is 680 g/mol. The van der Waals surface area contributed by atoms with E-state index in [1.807, 2.05) is 12.1 Å². The molecule has 0 aliphatic heterocycles. The summed E-state index contributed by atoms with van der Waals surface area (Å²) < 4.78 is 85.5. The molecule has 0 heterocycles. The number of hydrogen-bond donors (Lipinski definition) is 3. The summed E-state index contributed by atoms with van der Waals surface area (Å²) in [5.41, 5.74) is -1.79. The van der Waals surface area contributed by atoms with E-state index >= 15 is 0 Å². The van der Waals surface area contributed by atoms with Crippen molar-refractivity contribution >= 4 is 29.3 Å². The van der Waals surface area contributed by atoms with Gasteiger partial charge in [0, 0.05) is 16.9 Å². The minimum Gasteiger partial charge on any atom is -0.464 e. The van der Waals surface area contributed by atoms with E-state index in [4.69, 9.17) is 0 Å². The molecule has 1 aliphatic carbocycles. The summed E-state index contributed by atoms with van der Waals surface area (Å²) in [6.45, 7) is 1.07. The molecule has 48 heavy (non-hydrogen) atoms. The van der Waals surface area contributed by atoms with Gasteiger partial charge in [-0.3, -0.25) is 9.69 Å². The third kappa shape index (κ3) is 9.72. The van der Waals surface area contributed by atoms with E-state index in [0.29, 0.717) is 29.3 Å². The highest BCUT2D eigenvalue weighted by molar-refractivity contribution is 6.02. The predicted octanol–water partition coefficient (Wildman–Crippen LogP) is 7.66. The summed E-state index contributed by atoms with van der Waals surface area (Å²) in [6, 6.07) is 12.8. The molecule has 1 aliphatic rings. The number of halogens is 6. The fourth-order valence-electron chi connectivity index (χ4n) is 5.42. The summed E-state index contributed by atoms with van der Waals surface area (Å²) >= 11 is 0. The number of urea groups is 1. The number of aliphatic hydroxyl groups is 1. The number of nitrogens with zero attached hydrogens (tertiary/aromatic N) is 1. The summed E-state index contributed by atoms with van der Waals surface area (Å²) in [4.78, 5) is 38.9. The van der Waals surface area contributed by atoms with Crippen LogP contribution in [0.2, 0.25) is 0 Å². The molecule has 3 N–H and O–H groups in total. The Bertz CT molecular complexity index is 1540. The molecule has 0 spiro atoms. The first kappa shape index (κ1) is 36.2. The van der Waals surface area contributed by atoms with Crippen LogP contribution in [0.25, 0.3) is 0 Å². The molecule has 0 aromatic heterocycles. The van der Waals surface area contributed by atoms with E-state index in [1.54, 1.807) is 19.1 Å². The van der Waals surface area contributed by atoms with Crippen molar-refractivity contribution in [3.05, 3.63) is 94.5 Å². The van der Waals surface area contributed by atoms with Crippen molar-refractivity contribution in [2.75, 3.05) is 23.4 Å². The Balaban J connectivity index is 1.58. The number of ether oxygens (including phenoxy) is 1. The summed E-state index contributed by atoms with van der Waals surface area (Å²) in [6.07, 6.45) is -6.38. The molecule has 1 saturated carbocycles. The number of amides is 3. The first-order valence-corrected chi connectivity index (χ1v) is 15.4. The van der Waals surface area contributed by atoms with Gasteiger partial charge < -0.3 is 20.5 Å². The second-order valence-corrected chi connectivity index (χ2v) is 11.4. The lowest BCUT2D eigenvalue weighted by molar-refractivity contribution is -0.152. The molecule has 0 radical (unpaired) electrons. The molecule has 4 rings (SSSR count). The molecule has 258 valence electrons. The number of carbonyl (C=O) groups excluding carboxylic acids is 3. The van der Waals surface area contributed by atoms with Gasteiger partial charge in [0.1, 0.15) is 0 Å². The Kier molecular flexibility index (Phi) is 11.7. The standard InChI is InChI=1S/C34H35F6N3O5/c1-2-48-31(46)29(44)19-41-30(45)24-10-8-21(9-11-24)20-43(28-14-12-23(13-15-28)22-6-4-3-5-7-22)32(47)42-27-17-25(33(35,36)37)16-26(18-27)34(38,39)40/h8-18,22,29,44H,2-7,19-20H2,1H3,(H,41,45)(H,42,47). The maximum absolute atomic E-state index is 13.6. The Morgan fingerprint density at radius 1 is 0.875 bits per heavy atom. The van der Waals surface area contributed by atoms with Crippen molar-refractivity contribution in [2.45, 2.75) is 69.9 Å². The van der Waals surface area contributed by atoms with Crippen molar-refractivity contribution in [3.8, 4) is 0 Å². The Hall–Kier alpha value is -4.59. The fraction of sp³-hybridized carbons (Fsp3) is 0.382. The van der Waals surface area contributed by atoms with Crippen LogP contribution in [0.15, 0.2) is 66.7 Å². The third-order valence-corrected chi connectivity index (χ3v) is 7.94. The molecule has 0 bridgehead atoms. The van der Waals surface area contributed by atoms with Crippen molar-refractivity contribution in [2.24, 2.45) is 0 Å². The molecule has 1 fully saturated rings. The summed E-state index contributed by atoms with van der Waals surface area (Å²) in [7, 11) is 0. The first-order valence-electron chi connectivity index (χ1n) is 15.4. The van der Waals surface area contributed by atoms with Crippen LogP contribution < -0.4 is 15.5 Å². The lowest BCUT2D eigenvalue weighted by Crippen LogP contribution is -2.37. The van der Waals surface area contributed by atoms with Crippen LogP contribution in [0.4, 0.5) is 42.5 Å². The van der Waals surface area contributed by atoms with Crippen LogP contribution in [0, 0.1) is 0 Å².